The van der Waals surface area contributed by atoms with Crippen molar-refractivity contribution < 1.29 is 0 Å². The summed E-state index contributed by atoms with van der Waals surface area (Å²) in [6.45, 7) is 4.22. The van der Waals surface area contributed by atoms with Crippen molar-refractivity contribution in [2.75, 3.05) is 0 Å². The van der Waals surface area contributed by atoms with E-state index in [0.29, 0.717) is 12.5 Å². The lowest BCUT2D eigenvalue weighted by Gasteiger charge is -2.12. The maximum Gasteiger partial charge on any atom is 0.0934 e. The minimum Gasteiger partial charge on any atom is -0.324 e. The van der Waals surface area contributed by atoms with Gasteiger partial charge in [-0.3, -0.25) is 14.6 Å². The summed E-state index contributed by atoms with van der Waals surface area (Å²) < 4.78 is 1.95. The van der Waals surface area contributed by atoms with E-state index in [1.165, 1.54) is 0 Å². The fourth-order valence-electron chi connectivity index (χ4n) is 2.42. The molecule has 0 amide bonds. The molecule has 108 valence electrons. The number of rotatable bonds is 4. The second-order valence-electron chi connectivity index (χ2n) is 5.46. The normalized spacial score (nSPS) is 13.0. The van der Waals surface area contributed by atoms with E-state index in [1.807, 2.05) is 35.1 Å². The van der Waals surface area contributed by atoms with Crippen LogP contribution in [0.25, 0.3) is 11.0 Å². The average Bonchev–Trinajstić information content (AvgIpc) is 2.95. The van der Waals surface area contributed by atoms with Gasteiger partial charge in [0, 0.05) is 37.1 Å². The lowest BCUT2D eigenvalue weighted by Crippen LogP contribution is -2.15. The molecule has 2 aromatic heterocycles. The van der Waals surface area contributed by atoms with Crippen molar-refractivity contribution >= 4 is 11.0 Å². The van der Waals surface area contributed by atoms with Crippen LogP contribution in [0.15, 0.2) is 42.9 Å². The zero-order valence-electron chi connectivity index (χ0n) is 12.3. The Bertz CT molecular complexity index is 742. The van der Waals surface area contributed by atoms with Crippen LogP contribution in [0.4, 0.5) is 0 Å². The van der Waals surface area contributed by atoms with Crippen LogP contribution >= 0.6 is 0 Å². The van der Waals surface area contributed by atoms with E-state index >= 15 is 0 Å². The molecule has 0 aliphatic carbocycles. The smallest absolute Gasteiger partial charge is 0.0934 e. The molecule has 0 aliphatic rings. The van der Waals surface area contributed by atoms with Crippen LogP contribution in [0, 0.1) is 0 Å². The Morgan fingerprint density at radius 1 is 1.14 bits per heavy atom. The number of nitrogens with zero attached hydrogens (tertiary/aromatic N) is 4. The zero-order valence-corrected chi connectivity index (χ0v) is 12.3. The number of hydrogen-bond donors (Lipinski definition) is 1. The van der Waals surface area contributed by atoms with E-state index in [0.717, 1.165) is 22.3 Å². The van der Waals surface area contributed by atoms with Crippen LogP contribution in [0.2, 0.25) is 0 Å². The number of para-hydroxylation sites is 1. The summed E-state index contributed by atoms with van der Waals surface area (Å²) in [4.78, 5) is 8.73. The van der Waals surface area contributed by atoms with E-state index in [2.05, 4.69) is 28.9 Å². The van der Waals surface area contributed by atoms with Gasteiger partial charge < -0.3 is 5.73 Å². The van der Waals surface area contributed by atoms with Crippen molar-refractivity contribution in [2.24, 2.45) is 5.73 Å². The Hall–Kier alpha value is -2.27. The van der Waals surface area contributed by atoms with Crippen LogP contribution in [0.5, 0.6) is 0 Å². The Morgan fingerprint density at radius 2 is 1.95 bits per heavy atom. The minimum atomic E-state index is -0.138. The molecule has 5 heteroatoms. The topological polar surface area (TPSA) is 69.6 Å². The van der Waals surface area contributed by atoms with Crippen LogP contribution in [0.3, 0.4) is 0 Å². The standard InChI is InChI=1S/C16H19N5/c1-11(2)21-9-6-12(20-21)10-14(17)13-4-3-5-15-16(13)19-8-7-18-15/h3-9,11,14H,10,17H2,1-2H3. The predicted molar refractivity (Wildman–Crippen MR) is 82.8 cm³/mol. The fraction of sp³-hybridized carbons (Fsp3) is 0.312. The molecule has 0 saturated carbocycles. The molecular formula is C16H19N5. The van der Waals surface area contributed by atoms with Crippen molar-refractivity contribution in [3.63, 3.8) is 0 Å². The average molecular weight is 281 g/mol. The molecule has 1 aromatic carbocycles. The highest BCUT2D eigenvalue weighted by Gasteiger charge is 2.13. The first-order valence-electron chi connectivity index (χ1n) is 7.14. The molecule has 21 heavy (non-hydrogen) atoms. The van der Waals surface area contributed by atoms with E-state index < -0.39 is 0 Å². The molecule has 2 N–H and O–H groups in total. The predicted octanol–water partition coefficient (Wildman–Crippen LogP) is 2.65. The highest BCUT2D eigenvalue weighted by Crippen LogP contribution is 2.22. The molecule has 0 radical (unpaired) electrons. The summed E-state index contributed by atoms with van der Waals surface area (Å²) >= 11 is 0. The molecule has 0 fully saturated rings. The summed E-state index contributed by atoms with van der Waals surface area (Å²) in [7, 11) is 0. The maximum atomic E-state index is 6.36. The summed E-state index contributed by atoms with van der Waals surface area (Å²) in [6.07, 6.45) is 6.08. The molecule has 0 spiro atoms. The quantitative estimate of drug-likeness (QED) is 0.798. The van der Waals surface area contributed by atoms with Gasteiger partial charge in [-0.1, -0.05) is 12.1 Å². The lowest BCUT2D eigenvalue weighted by atomic mass is 10.0. The summed E-state index contributed by atoms with van der Waals surface area (Å²) in [5.41, 5.74) is 10.1. The number of aromatic nitrogens is 4. The number of benzene rings is 1. The van der Waals surface area contributed by atoms with E-state index in [4.69, 9.17) is 5.73 Å². The number of fused-ring (bicyclic) bond motifs is 1. The van der Waals surface area contributed by atoms with Gasteiger partial charge in [0.1, 0.15) is 0 Å². The Kier molecular flexibility index (Phi) is 3.66. The van der Waals surface area contributed by atoms with Crippen LogP contribution in [-0.4, -0.2) is 19.7 Å². The Morgan fingerprint density at radius 3 is 2.71 bits per heavy atom. The second-order valence-corrected chi connectivity index (χ2v) is 5.46. The second kappa shape index (κ2) is 5.61. The molecule has 1 unspecified atom stereocenters. The zero-order chi connectivity index (χ0) is 14.8. The van der Waals surface area contributed by atoms with Crippen LogP contribution in [0.1, 0.15) is 37.2 Å². The first kappa shape index (κ1) is 13.7. The van der Waals surface area contributed by atoms with Gasteiger partial charge in [0.25, 0.3) is 0 Å². The third kappa shape index (κ3) is 2.78. The van der Waals surface area contributed by atoms with Gasteiger partial charge in [-0.25, -0.2) is 0 Å². The van der Waals surface area contributed by atoms with Crippen molar-refractivity contribution in [3.8, 4) is 0 Å². The van der Waals surface area contributed by atoms with Crippen molar-refractivity contribution in [2.45, 2.75) is 32.4 Å². The third-order valence-corrected chi connectivity index (χ3v) is 3.55. The molecule has 1 atom stereocenters. The molecule has 0 aliphatic heterocycles. The minimum absolute atomic E-state index is 0.138. The molecule has 5 nitrogen and oxygen atoms in total. The van der Waals surface area contributed by atoms with Crippen molar-refractivity contribution in [3.05, 3.63) is 54.1 Å². The van der Waals surface area contributed by atoms with Gasteiger partial charge >= 0.3 is 0 Å². The highest BCUT2D eigenvalue weighted by molar-refractivity contribution is 5.78. The lowest BCUT2D eigenvalue weighted by molar-refractivity contribution is 0.523. The van der Waals surface area contributed by atoms with Crippen LogP contribution in [-0.2, 0) is 6.42 Å². The van der Waals surface area contributed by atoms with Gasteiger partial charge in [0.15, 0.2) is 0 Å². The van der Waals surface area contributed by atoms with Crippen molar-refractivity contribution in [1.82, 2.24) is 19.7 Å². The Labute approximate surface area is 123 Å². The first-order valence-corrected chi connectivity index (χ1v) is 7.14. The van der Waals surface area contributed by atoms with Gasteiger partial charge in [0.05, 0.1) is 16.7 Å². The summed E-state index contributed by atoms with van der Waals surface area (Å²) in [5.74, 6) is 0. The maximum absolute atomic E-state index is 6.36. The third-order valence-electron chi connectivity index (χ3n) is 3.55. The van der Waals surface area contributed by atoms with Gasteiger partial charge in [-0.15, -0.1) is 0 Å². The molecule has 0 bridgehead atoms. The van der Waals surface area contributed by atoms with E-state index in [-0.39, 0.29) is 6.04 Å². The largest absolute Gasteiger partial charge is 0.324 e. The first-order chi connectivity index (χ1) is 10.1. The number of hydrogen-bond acceptors (Lipinski definition) is 4. The number of nitrogens with two attached hydrogens (primary N) is 1. The van der Waals surface area contributed by atoms with Gasteiger partial charge in [-0.2, -0.15) is 5.10 Å². The van der Waals surface area contributed by atoms with Crippen LogP contribution < -0.4 is 5.73 Å². The van der Waals surface area contributed by atoms with E-state index in [9.17, 15) is 0 Å². The van der Waals surface area contributed by atoms with E-state index in [1.54, 1.807) is 12.4 Å². The molecule has 2 heterocycles. The molecule has 3 aromatic rings. The molecule has 3 rings (SSSR count). The Balaban J connectivity index is 1.88. The monoisotopic (exact) mass is 281 g/mol. The molecule has 0 saturated heterocycles. The van der Waals surface area contributed by atoms with Gasteiger partial charge in [-0.05, 0) is 31.5 Å². The fourth-order valence-corrected chi connectivity index (χ4v) is 2.42. The van der Waals surface area contributed by atoms with Crippen molar-refractivity contribution in [1.29, 1.82) is 0 Å². The van der Waals surface area contributed by atoms with Gasteiger partial charge in [0.2, 0.25) is 0 Å². The summed E-state index contributed by atoms with van der Waals surface area (Å²) in [5, 5.41) is 4.56. The summed E-state index contributed by atoms with van der Waals surface area (Å²) in [6, 6.07) is 8.18. The highest BCUT2D eigenvalue weighted by atomic mass is 15.3. The molecular weight excluding hydrogens is 262 g/mol. The SMILES string of the molecule is CC(C)n1ccc(CC(N)c2cccc3nccnc23)n1.